The lowest BCUT2D eigenvalue weighted by Crippen LogP contribution is -2.15. The minimum absolute atomic E-state index is 0.499. The number of rotatable bonds is 4. The van der Waals surface area contributed by atoms with Gasteiger partial charge in [-0.1, -0.05) is 6.07 Å². The maximum absolute atomic E-state index is 9.95. The highest BCUT2D eigenvalue weighted by atomic mass is 127. The largest absolute Gasteiger partial charge is 0.492 e. The van der Waals surface area contributed by atoms with Gasteiger partial charge in [-0.2, -0.15) is 0 Å². The van der Waals surface area contributed by atoms with E-state index in [2.05, 4.69) is 22.9 Å². The Labute approximate surface area is 116 Å². The van der Waals surface area contributed by atoms with Crippen LogP contribution in [0, 0.1) is 0 Å². The number of hydrogen-bond donors (Lipinski definition) is 1. The minimum atomic E-state index is -0.499. The average molecular weight is 348 g/mol. The maximum Gasteiger partial charge on any atom is 0.134 e. The average Bonchev–Trinajstić information content (AvgIpc) is 2.55. The zero-order valence-electron chi connectivity index (χ0n) is 10.1. The molecule has 0 aliphatic carbocycles. The molecule has 0 fully saturated rings. The number of fused-ring (bicyclic) bond motifs is 1. The first-order chi connectivity index (χ1) is 8.08. The van der Waals surface area contributed by atoms with Crippen LogP contribution in [-0.4, -0.2) is 40.4 Å². The van der Waals surface area contributed by atoms with Crippen LogP contribution in [0.1, 0.15) is 17.4 Å². The molecule has 5 heteroatoms. The number of likely N-dealkylation sites (N-methyl/N-ethyl adjacent to an activating group) is 1. The van der Waals surface area contributed by atoms with Gasteiger partial charge in [0.15, 0.2) is 0 Å². The Morgan fingerprint density at radius 2 is 2.35 bits per heavy atom. The first-order valence-corrected chi connectivity index (χ1v) is 6.55. The van der Waals surface area contributed by atoms with Gasteiger partial charge in [-0.25, -0.2) is 3.11 Å². The molecule has 4 nitrogen and oxygen atoms in total. The molecule has 1 N–H and O–H groups in total. The predicted octanol–water partition coefficient (Wildman–Crippen LogP) is 1.78. The molecule has 0 bridgehead atoms. The number of aliphatic hydroxyl groups excluding tert-OH is 1. The highest BCUT2D eigenvalue weighted by Gasteiger charge is 2.25. The Morgan fingerprint density at radius 1 is 1.59 bits per heavy atom. The van der Waals surface area contributed by atoms with Gasteiger partial charge in [-0.15, -0.1) is 0 Å². The Kier molecular flexibility index (Phi) is 4.24. The van der Waals surface area contributed by atoms with E-state index in [1.54, 1.807) is 0 Å². The minimum Gasteiger partial charge on any atom is -0.492 e. The number of halogens is 1. The van der Waals surface area contributed by atoms with Gasteiger partial charge in [0, 0.05) is 41.5 Å². The third-order valence-electron chi connectivity index (χ3n) is 2.90. The molecule has 0 aromatic heterocycles. The zero-order valence-corrected chi connectivity index (χ0v) is 12.2. The van der Waals surface area contributed by atoms with E-state index in [0.717, 1.165) is 24.4 Å². The van der Waals surface area contributed by atoms with Crippen molar-refractivity contribution in [3.8, 4) is 5.75 Å². The molecule has 0 saturated heterocycles. The van der Waals surface area contributed by atoms with E-state index in [9.17, 15) is 5.11 Å². The van der Waals surface area contributed by atoms with E-state index in [4.69, 9.17) is 4.74 Å². The molecule has 1 aliphatic heterocycles. The van der Waals surface area contributed by atoms with Crippen LogP contribution in [0.25, 0.3) is 0 Å². The lowest BCUT2D eigenvalue weighted by atomic mass is 10.1. The van der Waals surface area contributed by atoms with Crippen molar-refractivity contribution in [1.82, 2.24) is 8.01 Å². The van der Waals surface area contributed by atoms with Crippen molar-refractivity contribution in [3.05, 3.63) is 29.3 Å². The van der Waals surface area contributed by atoms with E-state index in [0.29, 0.717) is 6.61 Å². The highest BCUT2D eigenvalue weighted by Crippen LogP contribution is 2.32. The van der Waals surface area contributed by atoms with Crippen LogP contribution >= 0.6 is 22.9 Å². The van der Waals surface area contributed by atoms with Crippen LogP contribution in [0.5, 0.6) is 5.75 Å². The van der Waals surface area contributed by atoms with Crippen molar-refractivity contribution in [1.29, 1.82) is 0 Å². The van der Waals surface area contributed by atoms with Crippen LogP contribution in [0.2, 0.25) is 0 Å². The van der Waals surface area contributed by atoms with Gasteiger partial charge in [0.2, 0.25) is 0 Å². The molecule has 1 aliphatic rings. The molecule has 0 radical (unpaired) electrons. The fraction of sp³-hybridized carbons (Fsp3) is 0.500. The van der Waals surface area contributed by atoms with Gasteiger partial charge in [-0.3, -0.25) is 4.90 Å². The zero-order chi connectivity index (χ0) is 12.4. The summed E-state index contributed by atoms with van der Waals surface area (Å²) in [5.41, 5.74) is 2.14. The molecular weight excluding hydrogens is 331 g/mol. The van der Waals surface area contributed by atoms with Gasteiger partial charge in [0.25, 0.3) is 0 Å². The van der Waals surface area contributed by atoms with Crippen molar-refractivity contribution in [2.45, 2.75) is 12.8 Å². The Balaban J connectivity index is 2.02. The van der Waals surface area contributed by atoms with Gasteiger partial charge in [0.1, 0.15) is 18.6 Å². The summed E-state index contributed by atoms with van der Waals surface area (Å²) < 4.78 is 7.70. The van der Waals surface area contributed by atoms with Gasteiger partial charge >= 0.3 is 0 Å². The van der Waals surface area contributed by atoms with E-state index in [-0.39, 0.29) is 0 Å². The standard InChI is InChI=1S/C12H17IN2O2/c1-14-8-9-3-4-10(7-11(9)12(14)16)17-6-5-15(2)13/h3-4,7,12,16H,5-6,8H2,1-2H3. The maximum atomic E-state index is 9.95. The second-order valence-corrected chi connectivity index (χ2v) is 5.97. The summed E-state index contributed by atoms with van der Waals surface area (Å²) >= 11 is 2.23. The number of benzene rings is 1. The molecule has 1 aromatic rings. The third-order valence-corrected chi connectivity index (χ3v) is 3.38. The summed E-state index contributed by atoms with van der Waals surface area (Å²) in [4.78, 5) is 1.91. The summed E-state index contributed by atoms with van der Waals surface area (Å²) in [6, 6.07) is 5.94. The van der Waals surface area contributed by atoms with E-state index < -0.39 is 6.23 Å². The summed E-state index contributed by atoms with van der Waals surface area (Å²) in [5, 5.41) is 9.95. The van der Waals surface area contributed by atoms with Gasteiger partial charge < -0.3 is 9.84 Å². The molecule has 1 heterocycles. The van der Waals surface area contributed by atoms with Crippen molar-refractivity contribution >= 4 is 22.9 Å². The van der Waals surface area contributed by atoms with Crippen molar-refractivity contribution in [2.75, 3.05) is 27.2 Å². The molecular formula is C12H17IN2O2. The van der Waals surface area contributed by atoms with Crippen LogP contribution in [0.4, 0.5) is 0 Å². The van der Waals surface area contributed by atoms with Gasteiger partial charge in [-0.05, 0) is 31.8 Å². The lowest BCUT2D eigenvalue weighted by molar-refractivity contribution is 0.0336. The smallest absolute Gasteiger partial charge is 0.134 e. The number of ether oxygens (including phenoxy) is 1. The summed E-state index contributed by atoms with van der Waals surface area (Å²) in [6.45, 7) is 2.33. The molecule has 0 spiro atoms. The first kappa shape index (κ1) is 13.1. The van der Waals surface area contributed by atoms with Crippen molar-refractivity contribution in [2.24, 2.45) is 0 Å². The summed E-state index contributed by atoms with van der Waals surface area (Å²) in [6.07, 6.45) is -0.499. The van der Waals surface area contributed by atoms with Crippen LogP contribution in [-0.2, 0) is 6.54 Å². The molecule has 0 saturated carbocycles. The Morgan fingerprint density at radius 3 is 3.06 bits per heavy atom. The third kappa shape index (κ3) is 3.09. The molecule has 2 rings (SSSR count). The molecule has 0 amide bonds. The fourth-order valence-electron chi connectivity index (χ4n) is 1.93. The molecule has 17 heavy (non-hydrogen) atoms. The van der Waals surface area contributed by atoms with Crippen molar-refractivity contribution < 1.29 is 9.84 Å². The molecule has 94 valence electrons. The summed E-state index contributed by atoms with van der Waals surface area (Å²) in [7, 11) is 3.92. The topological polar surface area (TPSA) is 35.9 Å². The van der Waals surface area contributed by atoms with Gasteiger partial charge in [0.05, 0.1) is 0 Å². The van der Waals surface area contributed by atoms with E-state index in [1.807, 2.05) is 40.3 Å². The molecule has 1 unspecified atom stereocenters. The number of nitrogens with zero attached hydrogens (tertiary/aromatic N) is 2. The van der Waals surface area contributed by atoms with E-state index in [1.165, 1.54) is 5.56 Å². The Bertz CT molecular complexity index is 398. The van der Waals surface area contributed by atoms with Crippen LogP contribution < -0.4 is 4.74 Å². The highest BCUT2D eigenvalue weighted by molar-refractivity contribution is 14.1. The monoisotopic (exact) mass is 348 g/mol. The van der Waals surface area contributed by atoms with E-state index >= 15 is 0 Å². The lowest BCUT2D eigenvalue weighted by Gasteiger charge is -2.14. The predicted molar refractivity (Wildman–Crippen MR) is 75.0 cm³/mol. The fourth-order valence-corrected chi connectivity index (χ4v) is 2.13. The normalized spacial score (nSPS) is 19.7. The second-order valence-electron chi connectivity index (χ2n) is 4.33. The SMILES string of the molecule is CN(I)CCOc1ccc2c(c1)C(O)N(C)C2. The number of aliphatic hydroxyl groups is 1. The summed E-state index contributed by atoms with van der Waals surface area (Å²) in [5.74, 6) is 0.830. The molecule has 1 atom stereocenters. The second kappa shape index (κ2) is 5.51. The molecule has 1 aromatic carbocycles. The van der Waals surface area contributed by atoms with Crippen LogP contribution in [0.15, 0.2) is 18.2 Å². The van der Waals surface area contributed by atoms with Crippen LogP contribution in [0.3, 0.4) is 0 Å². The first-order valence-electron chi connectivity index (χ1n) is 5.59. The van der Waals surface area contributed by atoms with Crippen molar-refractivity contribution in [3.63, 3.8) is 0 Å². The number of hydrogen-bond acceptors (Lipinski definition) is 4. The quantitative estimate of drug-likeness (QED) is 0.665. The Hall–Kier alpha value is -0.370.